The second kappa shape index (κ2) is 6.12. The molecule has 0 saturated carbocycles. The first-order chi connectivity index (χ1) is 12.2. The number of hydrogen-bond acceptors (Lipinski definition) is 5. The van der Waals surface area contributed by atoms with Crippen molar-refractivity contribution >= 4 is 16.9 Å². The van der Waals surface area contributed by atoms with Crippen LogP contribution in [0.3, 0.4) is 0 Å². The zero-order valence-corrected chi connectivity index (χ0v) is 13.1. The highest BCUT2D eigenvalue weighted by molar-refractivity contribution is 5.95. The van der Waals surface area contributed by atoms with Gasteiger partial charge in [-0.05, 0) is 12.1 Å². The third-order valence-electron chi connectivity index (χ3n) is 3.84. The first-order valence-electron chi connectivity index (χ1n) is 7.68. The fourth-order valence-corrected chi connectivity index (χ4v) is 2.57. The number of nitrogens with zero attached hydrogens (tertiary/aromatic N) is 5. The van der Waals surface area contributed by atoms with Crippen LogP contribution in [-0.2, 0) is 6.54 Å². The first-order valence-corrected chi connectivity index (χ1v) is 7.68. The number of ketones is 1. The third kappa shape index (κ3) is 2.72. The van der Waals surface area contributed by atoms with E-state index in [1.165, 1.54) is 15.6 Å². The highest BCUT2D eigenvalue weighted by atomic mass is 16.1. The molecule has 2 heterocycles. The molecule has 0 aliphatic heterocycles. The van der Waals surface area contributed by atoms with Crippen molar-refractivity contribution < 1.29 is 4.79 Å². The summed E-state index contributed by atoms with van der Waals surface area (Å²) >= 11 is 0. The van der Waals surface area contributed by atoms with Crippen LogP contribution >= 0.6 is 0 Å². The fourth-order valence-electron chi connectivity index (χ4n) is 2.57. The quantitative estimate of drug-likeness (QED) is 0.533. The largest absolute Gasteiger partial charge is 0.292 e. The lowest BCUT2D eigenvalue weighted by atomic mass is 10.1. The highest BCUT2D eigenvalue weighted by Crippen LogP contribution is 2.11. The summed E-state index contributed by atoms with van der Waals surface area (Å²) < 4.78 is 2.75. The van der Waals surface area contributed by atoms with E-state index in [0.717, 1.165) is 5.69 Å². The van der Waals surface area contributed by atoms with E-state index in [4.69, 9.17) is 0 Å². The first kappa shape index (κ1) is 14.9. The molecule has 0 spiro atoms. The molecule has 7 heteroatoms. The van der Waals surface area contributed by atoms with E-state index < -0.39 is 5.56 Å². The van der Waals surface area contributed by atoms with Gasteiger partial charge in [0.25, 0.3) is 5.56 Å². The van der Waals surface area contributed by atoms with E-state index >= 15 is 0 Å². The maximum atomic E-state index is 12.6. The van der Waals surface area contributed by atoms with Gasteiger partial charge >= 0.3 is 0 Å². The molecule has 0 bridgehead atoms. The van der Waals surface area contributed by atoms with Crippen molar-refractivity contribution in [3.8, 4) is 5.69 Å². The summed E-state index contributed by atoms with van der Waals surface area (Å²) in [7, 11) is 0. The molecule has 0 atom stereocenters. The average molecular weight is 331 g/mol. The van der Waals surface area contributed by atoms with Crippen LogP contribution < -0.4 is 5.56 Å². The average Bonchev–Trinajstić information content (AvgIpc) is 3.10. The second-order valence-electron chi connectivity index (χ2n) is 5.48. The van der Waals surface area contributed by atoms with E-state index in [2.05, 4.69) is 15.3 Å². The molecule has 2 aromatic carbocycles. The van der Waals surface area contributed by atoms with Gasteiger partial charge in [0, 0.05) is 5.56 Å². The van der Waals surface area contributed by atoms with E-state index in [-0.39, 0.29) is 17.8 Å². The zero-order chi connectivity index (χ0) is 17.2. The third-order valence-corrected chi connectivity index (χ3v) is 3.84. The lowest BCUT2D eigenvalue weighted by Gasteiger charge is -2.05. The minimum absolute atomic E-state index is 0.0933. The van der Waals surface area contributed by atoms with Crippen molar-refractivity contribution in [3.05, 3.63) is 82.9 Å². The SMILES string of the molecule is O=C(Cn1cnc2c(nnn2-c2ccccc2)c1=O)c1ccccc1. The van der Waals surface area contributed by atoms with Crippen molar-refractivity contribution in [3.63, 3.8) is 0 Å². The summed E-state index contributed by atoms with van der Waals surface area (Å²) in [5.41, 5.74) is 1.40. The Morgan fingerprint density at radius 3 is 2.36 bits per heavy atom. The Labute approximate surface area is 142 Å². The molecule has 0 fully saturated rings. The van der Waals surface area contributed by atoms with Gasteiger partial charge in [-0.1, -0.05) is 53.7 Å². The predicted octanol–water partition coefficient (Wildman–Crippen LogP) is 1.86. The minimum atomic E-state index is -0.392. The molecule has 122 valence electrons. The van der Waals surface area contributed by atoms with Crippen LogP contribution in [0.2, 0.25) is 0 Å². The van der Waals surface area contributed by atoms with Gasteiger partial charge in [-0.3, -0.25) is 14.2 Å². The van der Waals surface area contributed by atoms with E-state index in [1.807, 2.05) is 36.4 Å². The summed E-state index contributed by atoms with van der Waals surface area (Å²) in [5, 5.41) is 7.95. The zero-order valence-electron chi connectivity index (χ0n) is 13.1. The maximum absolute atomic E-state index is 12.6. The van der Waals surface area contributed by atoms with Gasteiger partial charge in [0.1, 0.15) is 6.33 Å². The normalized spacial score (nSPS) is 10.9. The van der Waals surface area contributed by atoms with Gasteiger partial charge in [-0.15, -0.1) is 5.10 Å². The summed E-state index contributed by atoms with van der Waals surface area (Å²) in [6.45, 7) is -0.0933. The standard InChI is InChI=1S/C18H13N5O2/c24-15(13-7-3-1-4-8-13)11-22-12-19-17-16(18(22)25)20-21-23(17)14-9-5-2-6-10-14/h1-10,12H,11H2. The minimum Gasteiger partial charge on any atom is -0.292 e. The molecule has 4 aromatic rings. The number of para-hydroxylation sites is 1. The number of rotatable bonds is 4. The molecule has 0 aliphatic rings. The van der Waals surface area contributed by atoms with Crippen LogP contribution in [0.4, 0.5) is 0 Å². The summed E-state index contributed by atoms with van der Waals surface area (Å²) in [6, 6.07) is 18.1. The van der Waals surface area contributed by atoms with Crippen molar-refractivity contribution in [1.29, 1.82) is 0 Å². The monoisotopic (exact) mass is 331 g/mol. The van der Waals surface area contributed by atoms with Gasteiger partial charge in [-0.25, -0.2) is 4.98 Å². The van der Waals surface area contributed by atoms with Crippen LogP contribution in [0, 0.1) is 0 Å². The Hall–Kier alpha value is -3.61. The molecular formula is C18H13N5O2. The molecule has 0 aliphatic carbocycles. The van der Waals surface area contributed by atoms with Crippen LogP contribution in [0.1, 0.15) is 10.4 Å². The molecule has 0 radical (unpaired) electrons. The topological polar surface area (TPSA) is 82.7 Å². The van der Waals surface area contributed by atoms with Crippen LogP contribution in [0.15, 0.2) is 71.8 Å². The molecule has 4 rings (SSSR count). The summed E-state index contributed by atoms with van der Waals surface area (Å²) in [4.78, 5) is 29.2. The predicted molar refractivity (Wildman–Crippen MR) is 91.7 cm³/mol. The van der Waals surface area contributed by atoms with E-state index in [0.29, 0.717) is 11.2 Å². The Morgan fingerprint density at radius 2 is 1.64 bits per heavy atom. The Kier molecular flexibility index (Phi) is 3.66. The van der Waals surface area contributed by atoms with Crippen molar-refractivity contribution in [2.75, 3.05) is 0 Å². The molecule has 0 saturated heterocycles. The van der Waals surface area contributed by atoms with Crippen LogP contribution in [-0.4, -0.2) is 30.3 Å². The van der Waals surface area contributed by atoms with Crippen LogP contribution in [0.25, 0.3) is 16.9 Å². The Balaban J connectivity index is 1.72. The molecule has 0 unspecified atom stereocenters. The van der Waals surface area contributed by atoms with Gasteiger partial charge < -0.3 is 0 Å². The number of aromatic nitrogens is 5. The van der Waals surface area contributed by atoms with Crippen molar-refractivity contribution in [1.82, 2.24) is 24.5 Å². The molecule has 0 N–H and O–H groups in total. The number of Topliss-reactive ketones (excluding diaryl/α,β-unsaturated/α-hetero) is 1. The van der Waals surface area contributed by atoms with Gasteiger partial charge in [0.15, 0.2) is 16.9 Å². The molecule has 0 amide bonds. The molecule has 7 nitrogen and oxygen atoms in total. The number of carbonyl (C=O) groups excluding carboxylic acids is 1. The molecular weight excluding hydrogens is 318 g/mol. The van der Waals surface area contributed by atoms with Gasteiger partial charge in [0.05, 0.1) is 12.2 Å². The second-order valence-corrected chi connectivity index (χ2v) is 5.48. The highest BCUT2D eigenvalue weighted by Gasteiger charge is 2.15. The summed E-state index contributed by atoms with van der Waals surface area (Å²) in [5.74, 6) is -0.167. The maximum Gasteiger partial charge on any atom is 0.283 e. The smallest absolute Gasteiger partial charge is 0.283 e. The number of fused-ring (bicyclic) bond motifs is 1. The Bertz CT molecular complexity index is 1100. The van der Waals surface area contributed by atoms with Crippen LogP contribution in [0.5, 0.6) is 0 Å². The van der Waals surface area contributed by atoms with Crippen molar-refractivity contribution in [2.24, 2.45) is 0 Å². The van der Waals surface area contributed by atoms with E-state index in [1.54, 1.807) is 24.3 Å². The fraction of sp³-hybridized carbons (Fsp3) is 0.0556. The Morgan fingerprint density at radius 1 is 0.960 bits per heavy atom. The van der Waals surface area contributed by atoms with Crippen molar-refractivity contribution in [2.45, 2.75) is 6.54 Å². The summed E-state index contributed by atoms with van der Waals surface area (Å²) in [6.07, 6.45) is 1.36. The van der Waals surface area contributed by atoms with Gasteiger partial charge in [0.2, 0.25) is 0 Å². The van der Waals surface area contributed by atoms with Gasteiger partial charge in [-0.2, -0.15) is 4.68 Å². The molecule has 25 heavy (non-hydrogen) atoms. The van der Waals surface area contributed by atoms with E-state index in [9.17, 15) is 9.59 Å². The lowest BCUT2D eigenvalue weighted by Crippen LogP contribution is -2.25. The number of benzene rings is 2. The number of carbonyl (C=O) groups is 1. The number of hydrogen-bond donors (Lipinski definition) is 0. The lowest BCUT2D eigenvalue weighted by molar-refractivity contribution is 0.0970. The molecule has 2 aromatic heterocycles.